The molecule has 0 amide bonds. The summed E-state index contributed by atoms with van der Waals surface area (Å²) in [6.07, 6.45) is 3.93. The lowest BCUT2D eigenvalue weighted by atomic mass is 9.52. The summed E-state index contributed by atoms with van der Waals surface area (Å²) in [6.45, 7) is 1.08. The summed E-state index contributed by atoms with van der Waals surface area (Å²) in [5, 5.41) is 45.6. The number of rotatable bonds is 11. The first-order valence-electron chi connectivity index (χ1n) is 21.3. The Morgan fingerprint density at radius 2 is 1.51 bits per heavy atom. The molecule has 4 N–H and O–H groups in total. The Bertz CT molecular complexity index is 2640. The van der Waals surface area contributed by atoms with Gasteiger partial charge in [-0.1, -0.05) is 91.0 Å². The first-order valence-corrected chi connectivity index (χ1v) is 21.3. The minimum atomic E-state index is -0.889. The topological polar surface area (TPSA) is 152 Å². The highest BCUT2D eigenvalue weighted by atomic mass is 16.6. The number of aliphatic hydroxyl groups excluding tert-OH is 1. The molecular weight excluding hydrogens is 797 g/mol. The van der Waals surface area contributed by atoms with E-state index < -0.39 is 41.4 Å². The number of benzene rings is 6. The molecule has 0 bridgehead atoms. The SMILES string of the molecule is COc1cc(C2CC(OC(=O)Cc3ccc4cc(O)cc(-c5ccccc5)c4c3)CC(OC(C)=O)C3Cc4cc(OC)c(O)cc4C(CO)C3(C=Cc3ccccc3)C2)ccc1O. The van der Waals surface area contributed by atoms with Gasteiger partial charge in [-0.3, -0.25) is 9.59 Å². The second-order valence-corrected chi connectivity index (χ2v) is 16.8. The Labute approximate surface area is 367 Å². The van der Waals surface area contributed by atoms with Crippen LogP contribution >= 0.6 is 0 Å². The molecule has 6 unspecified atom stereocenters. The monoisotopic (exact) mass is 848 g/mol. The number of carbonyl (C=O) groups is 2. The minimum absolute atomic E-state index is 0.0215. The number of hydrogen-bond acceptors (Lipinski definition) is 10. The number of phenolic OH excluding ortho intramolecular Hbond substituents is 3. The third-order valence-corrected chi connectivity index (χ3v) is 13.0. The van der Waals surface area contributed by atoms with Gasteiger partial charge in [0.25, 0.3) is 0 Å². The molecule has 0 aliphatic heterocycles. The molecule has 0 spiro atoms. The zero-order valence-corrected chi connectivity index (χ0v) is 35.6. The van der Waals surface area contributed by atoms with E-state index in [1.165, 1.54) is 21.1 Å². The number of allylic oxidation sites excluding steroid dienone is 1. The summed E-state index contributed by atoms with van der Waals surface area (Å²) >= 11 is 0. The predicted octanol–water partition coefficient (Wildman–Crippen LogP) is 9.64. The number of methoxy groups -OCH3 is 2. The van der Waals surface area contributed by atoms with Gasteiger partial charge in [-0.2, -0.15) is 0 Å². The number of aliphatic hydroxyl groups is 1. The molecule has 6 aromatic carbocycles. The van der Waals surface area contributed by atoms with Gasteiger partial charge in [0.15, 0.2) is 23.0 Å². The molecule has 0 saturated heterocycles. The van der Waals surface area contributed by atoms with Gasteiger partial charge in [-0.05, 0) is 117 Å². The third-order valence-electron chi connectivity index (χ3n) is 13.0. The van der Waals surface area contributed by atoms with Crippen molar-refractivity contribution in [2.45, 2.75) is 63.1 Å². The third kappa shape index (κ3) is 8.95. The van der Waals surface area contributed by atoms with Gasteiger partial charge in [0.1, 0.15) is 18.0 Å². The van der Waals surface area contributed by atoms with Crippen molar-refractivity contribution in [3.05, 3.63) is 155 Å². The van der Waals surface area contributed by atoms with E-state index in [2.05, 4.69) is 6.08 Å². The fraction of sp³-hybridized carbons (Fsp3) is 0.283. The lowest BCUT2D eigenvalue weighted by molar-refractivity contribution is -0.162. The molecule has 10 heteroatoms. The number of phenols is 3. The summed E-state index contributed by atoms with van der Waals surface area (Å²) < 4.78 is 23.9. The summed E-state index contributed by atoms with van der Waals surface area (Å²) in [5.74, 6) is -1.65. The molecule has 0 radical (unpaired) electrons. The zero-order valence-electron chi connectivity index (χ0n) is 35.6. The first kappa shape index (κ1) is 42.9. The van der Waals surface area contributed by atoms with E-state index in [1.807, 2.05) is 91.0 Å². The van der Waals surface area contributed by atoms with Crippen LogP contribution in [0.3, 0.4) is 0 Å². The number of ether oxygens (including phenoxy) is 4. The Morgan fingerprint density at radius 3 is 2.22 bits per heavy atom. The Hall–Kier alpha value is -6.78. The fourth-order valence-corrected chi connectivity index (χ4v) is 10.2. The van der Waals surface area contributed by atoms with E-state index in [0.29, 0.717) is 19.3 Å². The summed E-state index contributed by atoms with van der Waals surface area (Å²) in [5.41, 5.74) is 4.98. The van der Waals surface area contributed by atoms with Crippen LogP contribution in [0.1, 0.15) is 65.8 Å². The standard InChI is InChI=1S/C53H52O10/c1-32(55)62-49-28-41(63-52(59)21-34-14-15-37-22-40(56)27-43(42(37)20-34)35-12-8-5-9-13-35)23-39(36-16-17-47(57)50(25-36)60-2)30-53(19-18-33-10-6-4-7-11-33)45(49)24-38-26-51(61-3)48(58)29-44(38)46(53)31-54/h4-20,22,25-27,29,39,41,45-46,49,54,56-58H,21,23-24,28,30-31H2,1-3H3. The second kappa shape index (κ2) is 18.3. The van der Waals surface area contributed by atoms with Crippen molar-refractivity contribution in [2.75, 3.05) is 20.8 Å². The lowest BCUT2D eigenvalue weighted by Crippen LogP contribution is -2.51. The van der Waals surface area contributed by atoms with Crippen LogP contribution in [0.15, 0.2) is 127 Å². The number of hydrogen-bond donors (Lipinski definition) is 4. The van der Waals surface area contributed by atoms with Gasteiger partial charge in [-0.15, -0.1) is 0 Å². The molecule has 6 atom stereocenters. The molecule has 324 valence electrons. The number of fused-ring (bicyclic) bond motifs is 3. The molecule has 0 aromatic heterocycles. The predicted molar refractivity (Wildman–Crippen MR) is 241 cm³/mol. The number of aromatic hydroxyl groups is 3. The van der Waals surface area contributed by atoms with Crippen molar-refractivity contribution >= 4 is 28.8 Å². The molecule has 0 heterocycles. The van der Waals surface area contributed by atoms with Crippen LogP contribution < -0.4 is 9.47 Å². The molecule has 6 aromatic rings. The van der Waals surface area contributed by atoms with Crippen LogP contribution in [-0.2, 0) is 31.9 Å². The van der Waals surface area contributed by atoms with E-state index >= 15 is 0 Å². The van der Waals surface area contributed by atoms with E-state index in [9.17, 15) is 30.0 Å². The minimum Gasteiger partial charge on any atom is -0.508 e. The fourth-order valence-electron chi connectivity index (χ4n) is 10.2. The van der Waals surface area contributed by atoms with Gasteiger partial charge in [0.05, 0.1) is 27.2 Å². The average molecular weight is 849 g/mol. The molecule has 10 nitrogen and oxygen atoms in total. The maximum atomic E-state index is 14.2. The van der Waals surface area contributed by atoms with Crippen molar-refractivity contribution < 1.29 is 49.0 Å². The van der Waals surface area contributed by atoms with E-state index in [0.717, 1.165) is 49.7 Å². The Balaban J connectivity index is 1.22. The average Bonchev–Trinajstić information content (AvgIpc) is 3.27. The maximum absolute atomic E-state index is 14.2. The van der Waals surface area contributed by atoms with Crippen LogP contribution in [0.4, 0.5) is 0 Å². The van der Waals surface area contributed by atoms with Crippen LogP contribution in [0.25, 0.3) is 28.0 Å². The highest BCUT2D eigenvalue weighted by Gasteiger charge is 2.54. The maximum Gasteiger partial charge on any atom is 0.310 e. The highest BCUT2D eigenvalue weighted by molar-refractivity contribution is 5.98. The van der Waals surface area contributed by atoms with Crippen LogP contribution in [0, 0.1) is 11.3 Å². The molecule has 1 fully saturated rings. The largest absolute Gasteiger partial charge is 0.508 e. The zero-order chi connectivity index (χ0) is 44.3. The van der Waals surface area contributed by atoms with Crippen molar-refractivity contribution in [1.29, 1.82) is 0 Å². The quantitative estimate of drug-likeness (QED) is 0.0928. The smallest absolute Gasteiger partial charge is 0.310 e. The van der Waals surface area contributed by atoms with Crippen molar-refractivity contribution in [1.82, 2.24) is 0 Å². The van der Waals surface area contributed by atoms with Gasteiger partial charge in [0.2, 0.25) is 0 Å². The van der Waals surface area contributed by atoms with Crippen molar-refractivity contribution in [3.63, 3.8) is 0 Å². The molecule has 1 saturated carbocycles. The summed E-state index contributed by atoms with van der Waals surface area (Å²) in [7, 11) is 2.98. The van der Waals surface area contributed by atoms with E-state index in [-0.39, 0.29) is 54.1 Å². The van der Waals surface area contributed by atoms with Gasteiger partial charge >= 0.3 is 11.9 Å². The van der Waals surface area contributed by atoms with E-state index in [1.54, 1.807) is 36.4 Å². The first-order chi connectivity index (χ1) is 30.5. The second-order valence-electron chi connectivity index (χ2n) is 16.8. The summed E-state index contributed by atoms with van der Waals surface area (Å²) in [4.78, 5) is 27.3. The molecule has 63 heavy (non-hydrogen) atoms. The number of esters is 2. The molecule has 2 aliphatic rings. The van der Waals surface area contributed by atoms with E-state index in [4.69, 9.17) is 18.9 Å². The highest BCUT2D eigenvalue weighted by Crippen LogP contribution is 2.60. The lowest BCUT2D eigenvalue weighted by Gasteiger charge is -2.54. The van der Waals surface area contributed by atoms with Crippen LogP contribution in [0.5, 0.6) is 28.7 Å². The van der Waals surface area contributed by atoms with Crippen LogP contribution in [-0.4, -0.2) is 65.4 Å². The van der Waals surface area contributed by atoms with Gasteiger partial charge < -0.3 is 39.4 Å². The van der Waals surface area contributed by atoms with Crippen LogP contribution in [0.2, 0.25) is 0 Å². The van der Waals surface area contributed by atoms with Crippen molar-refractivity contribution in [2.24, 2.45) is 11.3 Å². The van der Waals surface area contributed by atoms with Gasteiger partial charge in [-0.25, -0.2) is 0 Å². The molecule has 8 rings (SSSR count). The summed E-state index contributed by atoms with van der Waals surface area (Å²) in [6, 6.07) is 37.4. The molecular formula is C53H52O10. The van der Waals surface area contributed by atoms with Crippen molar-refractivity contribution in [3.8, 4) is 39.9 Å². The van der Waals surface area contributed by atoms with Gasteiger partial charge in [0, 0.05) is 30.6 Å². The molecule has 2 aliphatic carbocycles. The normalized spacial score (nSPS) is 22.0. The number of carbonyl (C=O) groups excluding carboxylic acids is 2. The Morgan fingerprint density at radius 1 is 0.778 bits per heavy atom. The Kier molecular flexibility index (Phi) is 12.4.